The summed E-state index contributed by atoms with van der Waals surface area (Å²) in [4.78, 5) is 26.3. The number of nitrogens with zero attached hydrogens (tertiary/aromatic N) is 1. The number of imide groups is 1. The van der Waals surface area contributed by atoms with E-state index in [1.165, 1.54) is 35.5 Å². The van der Waals surface area contributed by atoms with Crippen molar-refractivity contribution in [3.05, 3.63) is 76.9 Å². The minimum absolute atomic E-state index is 0.0258. The molecule has 0 atom stereocenters. The first-order chi connectivity index (χ1) is 16.2. The largest absolute Gasteiger partial charge is 0.525 e. The molecule has 0 aromatic heterocycles. The van der Waals surface area contributed by atoms with Crippen molar-refractivity contribution in [2.75, 3.05) is 0 Å². The zero-order chi connectivity index (χ0) is 25.8. The monoisotopic (exact) mass is 523 g/mol. The number of amides is 2. The average Bonchev–Trinajstić information content (AvgIpc) is 2.78. The van der Waals surface area contributed by atoms with Crippen LogP contribution >= 0.6 is 11.8 Å². The van der Waals surface area contributed by atoms with E-state index in [2.05, 4.69) is 37.2 Å². The highest BCUT2D eigenvalue weighted by atomic mass is 32.2. The Labute approximate surface area is 204 Å². The summed E-state index contributed by atoms with van der Waals surface area (Å²) >= 11 is 1.47. The number of rotatable bonds is 5. The van der Waals surface area contributed by atoms with Gasteiger partial charge in [0.25, 0.3) is 11.8 Å². The van der Waals surface area contributed by atoms with Crippen LogP contribution in [0.1, 0.15) is 52.6 Å². The van der Waals surface area contributed by atoms with Gasteiger partial charge in [0.2, 0.25) is 0 Å². The van der Waals surface area contributed by atoms with Gasteiger partial charge in [-0.25, -0.2) is 0 Å². The van der Waals surface area contributed by atoms with Gasteiger partial charge in [-0.1, -0.05) is 57.2 Å². The van der Waals surface area contributed by atoms with Crippen molar-refractivity contribution < 1.29 is 35.5 Å². The minimum Gasteiger partial charge on any atom is -0.266 e. The standard InChI is InChI=1S/C24H20F3NO5S2/c1-23(2,3)15-9-7-14(8-10-15)13-34-19-12-11-18-20-16(19)5-4-6-17(20)21(29)28(22(18)30)33-35(31,32)24(25,26)27/h4-12H,13H2,1-3H3. The number of thioether (sulfide) groups is 1. The second-order valence-corrected chi connectivity index (χ2v) is 11.5. The molecule has 6 nitrogen and oxygen atoms in total. The number of hydrogen-bond donors (Lipinski definition) is 0. The van der Waals surface area contributed by atoms with Crippen molar-refractivity contribution in [3.8, 4) is 0 Å². The number of carbonyl (C=O) groups is 2. The molecule has 0 radical (unpaired) electrons. The van der Waals surface area contributed by atoms with E-state index in [1.807, 2.05) is 12.1 Å². The molecule has 2 amide bonds. The van der Waals surface area contributed by atoms with E-state index in [-0.39, 0.29) is 27.0 Å². The highest BCUT2D eigenvalue weighted by Crippen LogP contribution is 2.38. The zero-order valence-corrected chi connectivity index (χ0v) is 20.5. The Hall–Kier alpha value is -2.89. The Morgan fingerprint density at radius 1 is 0.886 bits per heavy atom. The molecule has 0 unspecified atom stereocenters. The topological polar surface area (TPSA) is 80.8 Å². The van der Waals surface area contributed by atoms with E-state index in [1.54, 1.807) is 12.1 Å². The molecule has 1 heterocycles. The number of hydroxylamine groups is 2. The maximum absolute atomic E-state index is 12.8. The molecule has 11 heteroatoms. The Kier molecular flexibility index (Phi) is 6.23. The maximum atomic E-state index is 12.8. The highest BCUT2D eigenvalue weighted by molar-refractivity contribution is 7.98. The molecular formula is C24H20F3NO5S2. The van der Waals surface area contributed by atoms with Crippen LogP contribution in [0.3, 0.4) is 0 Å². The van der Waals surface area contributed by atoms with Crippen LogP contribution in [-0.4, -0.2) is 30.8 Å². The molecule has 1 aliphatic heterocycles. The van der Waals surface area contributed by atoms with Crippen molar-refractivity contribution in [1.82, 2.24) is 5.06 Å². The second kappa shape index (κ2) is 8.65. The summed E-state index contributed by atoms with van der Waals surface area (Å²) in [6, 6.07) is 15.6. The van der Waals surface area contributed by atoms with Gasteiger partial charge in [0.15, 0.2) is 0 Å². The van der Waals surface area contributed by atoms with E-state index in [0.717, 1.165) is 10.5 Å². The summed E-state index contributed by atoms with van der Waals surface area (Å²) in [7, 11) is -6.21. The molecule has 35 heavy (non-hydrogen) atoms. The number of carbonyl (C=O) groups excluding carboxylic acids is 2. The predicted molar refractivity (Wildman–Crippen MR) is 125 cm³/mol. The van der Waals surface area contributed by atoms with Crippen LogP contribution in [-0.2, 0) is 25.6 Å². The lowest BCUT2D eigenvalue weighted by Crippen LogP contribution is -2.44. The van der Waals surface area contributed by atoms with Crippen LogP contribution in [0.4, 0.5) is 13.2 Å². The lowest BCUT2D eigenvalue weighted by Gasteiger charge is -2.26. The number of halogens is 3. The number of hydrogen-bond acceptors (Lipinski definition) is 6. The first-order valence-electron chi connectivity index (χ1n) is 10.4. The van der Waals surface area contributed by atoms with Gasteiger partial charge in [0.05, 0.1) is 11.1 Å². The maximum Gasteiger partial charge on any atom is 0.525 e. The van der Waals surface area contributed by atoms with Crippen LogP contribution in [0.2, 0.25) is 0 Å². The molecule has 0 bridgehead atoms. The van der Waals surface area contributed by atoms with E-state index >= 15 is 0 Å². The number of benzene rings is 3. The Morgan fingerprint density at radius 2 is 1.49 bits per heavy atom. The molecule has 0 fully saturated rings. The SMILES string of the molecule is CC(C)(C)c1ccc(CSc2ccc3c4c(cccc24)C(=O)N(OS(=O)(=O)C(F)(F)F)C3=O)cc1. The average molecular weight is 524 g/mol. The number of alkyl halides is 3. The van der Waals surface area contributed by atoms with Gasteiger partial charge in [-0.3, -0.25) is 9.59 Å². The molecular weight excluding hydrogens is 503 g/mol. The van der Waals surface area contributed by atoms with Gasteiger partial charge in [-0.05, 0) is 40.1 Å². The third kappa shape index (κ3) is 4.67. The Morgan fingerprint density at radius 3 is 2.06 bits per heavy atom. The minimum atomic E-state index is -6.21. The Balaban J connectivity index is 1.66. The molecule has 3 aromatic rings. The summed E-state index contributed by atoms with van der Waals surface area (Å²) in [6.45, 7) is 6.37. The van der Waals surface area contributed by atoms with Gasteiger partial charge in [0.1, 0.15) is 0 Å². The lowest BCUT2D eigenvalue weighted by molar-refractivity contribution is -0.0761. The normalized spacial score (nSPS) is 14.6. The van der Waals surface area contributed by atoms with Gasteiger partial charge in [-0.2, -0.15) is 21.6 Å². The van der Waals surface area contributed by atoms with Crippen LogP contribution < -0.4 is 0 Å². The molecule has 0 saturated carbocycles. The molecule has 1 aliphatic rings. The summed E-state index contributed by atoms with van der Waals surface area (Å²) in [5, 5.41) is 0.431. The summed E-state index contributed by atoms with van der Waals surface area (Å²) in [6.07, 6.45) is 0. The smallest absolute Gasteiger partial charge is 0.266 e. The van der Waals surface area contributed by atoms with Crippen molar-refractivity contribution in [1.29, 1.82) is 0 Å². The molecule has 184 valence electrons. The highest BCUT2D eigenvalue weighted by Gasteiger charge is 2.51. The van der Waals surface area contributed by atoms with Crippen molar-refractivity contribution in [2.45, 2.75) is 42.3 Å². The van der Waals surface area contributed by atoms with E-state index in [4.69, 9.17) is 0 Å². The predicted octanol–water partition coefficient (Wildman–Crippen LogP) is 5.81. The van der Waals surface area contributed by atoms with Crippen LogP contribution in [0.25, 0.3) is 10.8 Å². The van der Waals surface area contributed by atoms with Gasteiger partial charge >= 0.3 is 15.6 Å². The van der Waals surface area contributed by atoms with Crippen LogP contribution in [0.5, 0.6) is 0 Å². The fraction of sp³-hybridized carbons (Fsp3) is 0.250. The van der Waals surface area contributed by atoms with E-state index in [9.17, 15) is 31.2 Å². The summed E-state index contributed by atoms with van der Waals surface area (Å²) in [5.74, 6) is -1.98. The lowest BCUT2D eigenvalue weighted by atomic mass is 9.87. The third-order valence-electron chi connectivity index (χ3n) is 5.50. The van der Waals surface area contributed by atoms with E-state index in [0.29, 0.717) is 11.1 Å². The van der Waals surface area contributed by atoms with Crippen molar-refractivity contribution >= 4 is 44.5 Å². The molecule has 0 aliphatic carbocycles. The Bertz CT molecular complexity index is 1420. The molecule has 0 N–H and O–H groups in total. The quantitative estimate of drug-likeness (QED) is 0.239. The fourth-order valence-corrected chi connectivity index (χ4v) is 5.06. The van der Waals surface area contributed by atoms with Crippen molar-refractivity contribution in [3.63, 3.8) is 0 Å². The summed E-state index contributed by atoms with van der Waals surface area (Å²) < 4.78 is 65.0. The third-order valence-corrected chi connectivity index (χ3v) is 7.56. The summed E-state index contributed by atoms with van der Waals surface area (Å²) in [5.41, 5.74) is -3.78. The fourth-order valence-electron chi connectivity index (χ4n) is 3.64. The first-order valence-corrected chi connectivity index (χ1v) is 12.8. The molecule has 4 rings (SSSR count). The van der Waals surface area contributed by atoms with Crippen LogP contribution in [0, 0.1) is 0 Å². The van der Waals surface area contributed by atoms with Gasteiger partial charge in [0, 0.05) is 16.0 Å². The van der Waals surface area contributed by atoms with Gasteiger partial charge in [-0.15, -0.1) is 21.1 Å². The zero-order valence-electron chi connectivity index (χ0n) is 18.8. The van der Waals surface area contributed by atoms with E-state index < -0.39 is 27.4 Å². The second-order valence-electron chi connectivity index (χ2n) is 8.95. The van der Waals surface area contributed by atoms with Crippen molar-refractivity contribution in [2.24, 2.45) is 0 Å². The molecule has 0 spiro atoms. The van der Waals surface area contributed by atoms with Crippen LogP contribution in [0.15, 0.2) is 59.5 Å². The molecule has 0 saturated heterocycles. The van der Waals surface area contributed by atoms with Gasteiger partial charge < -0.3 is 0 Å². The first kappa shape index (κ1) is 25.2. The molecule has 3 aromatic carbocycles.